The lowest BCUT2D eigenvalue weighted by molar-refractivity contribution is 0.0266. The minimum Gasteiger partial charge on any atom is -0.497 e. The zero-order valence-electron chi connectivity index (χ0n) is 18.3. The lowest BCUT2D eigenvalue weighted by Gasteiger charge is -2.43. The van der Waals surface area contributed by atoms with Crippen LogP contribution in [0, 0.1) is 0 Å². The Labute approximate surface area is 201 Å². The number of fused-ring (bicyclic) bond motifs is 1. The molecular weight excluding hydrogens is 482 g/mol. The van der Waals surface area contributed by atoms with Crippen molar-refractivity contribution in [3.05, 3.63) is 93.7 Å². The largest absolute Gasteiger partial charge is 0.497 e. The normalized spacial score (nSPS) is 18.4. The number of ketones is 2. The number of pyridine rings is 1. The maximum atomic E-state index is 13.8. The molecule has 0 spiro atoms. The molecule has 168 valence electrons. The quantitative estimate of drug-likeness (QED) is 0.386. The van der Waals surface area contributed by atoms with Crippen molar-refractivity contribution in [2.75, 3.05) is 33.3 Å². The van der Waals surface area contributed by atoms with E-state index in [0.29, 0.717) is 34.5 Å². The van der Waals surface area contributed by atoms with E-state index in [1.165, 1.54) is 5.56 Å². The van der Waals surface area contributed by atoms with Crippen molar-refractivity contribution in [3.8, 4) is 5.75 Å². The van der Waals surface area contributed by atoms with E-state index in [2.05, 4.69) is 31.9 Å². The summed E-state index contributed by atoms with van der Waals surface area (Å²) < 4.78 is 5.95. The van der Waals surface area contributed by atoms with E-state index >= 15 is 0 Å². The standard InChI is InChI=1S/C26H24BrN3O3/c1-33-19-7-4-6-18(16-19)17-29-12-14-30(15-13-29)26(22-10-5-11-23(27)28-22)24(31)20-8-2-3-9-21(20)25(26)32/h2-11,16H,12-15,17H2,1H3. The van der Waals surface area contributed by atoms with Crippen LogP contribution in [0.1, 0.15) is 32.0 Å². The molecule has 33 heavy (non-hydrogen) atoms. The second-order valence-corrected chi connectivity index (χ2v) is 9.19. The first-order chi connectivity index (χ1) is 16.0. The summed E-state index contributed by atoms with van der Waals surface area (Å²) in [6, 6.07) is 20.6. The van der Waals surface area contributed by atoms with Gasteiger partial charge in [-0.15, -0.1) is 0 Å². The molecule has 2 heterocycles. The van der Waals surface area contributed by atoms with E-state index in [4.69, 9.17) is 4.74 Å². The summed E-state index contributed by atoms with van der Waals surface area (Å²) in [6.07, 6.45) is 0. The van der Waals surface area contributed by atoms with E-state index in [0.717, 1.165) is 25.4 Å². The van der Waals surface area contributed by atoms with Gasteiger partial charge >= 0.3 is 0 Å². The fourth-order valence-electron chi connectivity index (χ4n) is 4.93. The highest BCUT2D eigenvalue weighted by molar-refractivity contribution is 9.10. The highest BCUT2D eigenvalue weighted by atomic mass is 79.9. The first-order valence-corrected chi connectivity index (χ1v) is 11.8. The fraction of sp³-hybridized carbons (Fsp3) is 0.269. The Balaban J connectivity index is 1.45. The van der Waals surface area contributed by atoms with E-state index in [9.17, 15) is 9.59 Å². The number of rotatable bonds is 5. The summed E-state index contributed by atoms with van der Waals surface area (Å²) >= 11 is 3.42. The van der Waals surface area contributed by atoms with Crippen molar-refractivity contribution < 1.29 is 14.3 Å². The summed E-state index contributed by atoms with van der Waals surface area (Å²) in [5.41, 5.74) is 1.18. The SMILES string of the molecule is COc1cccc(CN2CCN(C3(c4cccc(Br)n4)C(=O)c4ccccc4C3=O)CC2)c1. The number of nitrogens with zero attached hydrogens (tertiary/aromatic N) is 3. The molecule has 2 aromatic carbocycles. The van der Waals surface area contributed by atoms with Gasteiger partial charge in [0.25, 0.3) is 0 Å². The van der Waals surface area contributed by atoms with Crippen molar-refractivity contribution in [2.45, 2.75) is 12.1 Å². The number of hydrogen-bond acceptors (Lipinski definition) is 6. The van der Waals surface area contributed by atoms with Crippen LogP contribution in [0.4, 0.5) is 0 Å². The summed E-state index contributed by atoms with van der Waals surface area (Å²) in [5.74, 6) is 0.468. The van der Waals surface area contributed by atoms with Gasteiger partial charge < -0.3 is 4.74 Å². The van der Waals surface area contributed by atoms with Crippen LogP contribution in [0.5, 0.6) is 5.75 Å². The second-order valence-electron chi connectivity index (χ2n) is 8.37. The molecule has 1 aromatic heterocycles. The van der Waals surface area contributed by atoms with Crippen LogP contribution in [0.25, 0.3) is 0 Å². The summed E-state index contributed by atoms with van der Waals surface area (Å²) in [7, 11) is 1.67. The Morgan fingerprint density at radius 1 is 0.909 bits per heavy atom. The first-order valence-electron chi connectivity index (χ1n) is 11.0. The Morgan fingerprint density at radius 2 is 1.58 bits per heavy atom. The van der Waals surface area contributed by atoms with Crippen LogP contribution in [-0.4, -0.2) is 59.6 Å². The topological polar surface area (TPSA) is 62.7 Å². The summed E-state index contributed by atoms with van der Waals surface area (Å²) in [5, 5.41) is 0. The number of hydrogen-bond donors (Lipinski definition) is 0. The van der Waals surface area contributed by atoms with Gasteiger partial charge in [0.1, 0.15) is 10.4 Å². The predicted molar refractivity (Wildman–Crippen MR) is 129 cm³/mol. The molecule has 3 aromatic rings. The van der Waals surface area contributed by atoms with Crippen LogP contribution < -0.4 is 4.74 Å². The molecule has 0 unspecified atom stereocenters. The Morgan fingerprint density at radius 3 is 2.21 bits per heavy atom. The number of carbonyl (C=O) groups excluding carboxylic acids is 2. The fourth-order valence-corrected chi connectivity index (χ4v) is 5.28. The lowest BCUT2D eigenvalue weighted by Crippen LogP contribution is -2.60. The Bertz CT molecular complexity index is 1190. The number of benzene rings is 2. The van der Waals surface area contributed by atoms with Gasteiger partial charge in [-0.1, -0.05) is 42.5 Å². The minimum absolute atomic E-state index is 0.185. The Hall–Kier alpha value is -2.87. The minimum atomic E-state index is -1.42. The van der Waals surface area contributed by atoms with Crippen LogP contribution in [0.3, 0.4) is 0 Å². The molecule has 0 atom stereocenters. The molecule has 0 amide bonds. The zero-order chi connectivity index (χ0) is 23.0. The number of piperazine rings is 1. The second kappa shape index (κ2) is 8.82. The summed E-state index contributed by atoms with van der Waals surface area (Å²) in [6.45, 7) is 3.44. The van der Waals surface area contributed by atoms with Crippen LogP contribution >= 0.6 is 15.9 Å². The van der Waals surface area contributed by atoms with Crippen molar-refractivity contribution in [2.24, 2.45) is 0 Å². The smallest absolute Gasteiger partial charge is 0.198 e. The van der Waals surface area contributed by atoms with Gasteiger partial charge in [0.05, 0.1) is 12.8 Å². The monoisotopic (exact) mass is 505 g/mol. The number of ether oxygens (including phenoxy) is 1. The molecule has 0 saturated carbocycles. The molecule has 6 nitrogen and oxygen atoms in total. The van der Waals surface area contributed by atoms with Crippen LogP contribution in [-0.2, 0) is 12.1 Å². The lowest BCUT2D eigenvalue weighted by atomic mass is 9.85. The maximum Gasteiger partial charge on any atom is 0.198 e. The highest BCUT2D eigenvalue weighted by Gasteiger charge is 2.59. The highest BCUT2D eigenvalue weighted by Crippen LogP contribution is 2.42. The van der Waals surface area contributed by atoms with Crippen molar-refractivity contribution in [1.29, 1.82) is 0 Å². The van der Waals surface area contributed by atoms with Gasteiger partial charge in [-0.3, -0.25) is 19.4 Å². The molecule has 7 heteroatoms. The van der Waals surface area contributed by atoms with Crippen LogP contribution in [0.2, 0.25) is 0 Å². The molecule has 1 saturated heterocycles. The van der Waals surface area contributed by atoms with E-state index in [1.807, 2.05) is 29.2 Å². The van der Waals surface area contributed by atoms with Crippen molar-refractivity contribution in [3.63, 3.8) is 0 Å². The number of aromatic nitrogens is 1. The third kappa shape index (κ3) is 3.70. The van der Waals surface area contributed by atoms with E-state index < -0.39 is 5.54 Å². The number of methoxy groups -OCH3 is 1. The van der Waals surface area contributed by atoms with Gasteiger partial charge in [-0.2, -0.15) is 0 Å². The van der Waals surface area contributed by atoms with Gasteiger partial charge in [0.2, 0.25) is 0 Å². The molecule has 1 fully saturated rings. The first kappa shape index (κ1) is 21.9. The molecule has 5 rings (SSSR count). The van der Waals surface area contributed by atoms with Gasteiger partial charge in [0.15, 0.2) is 17.1 Å². The Kier molecular flexibility index (Phi) is 5.86. The van der Waals surface area contributed by atoms with Crippen LogP contribution in [0.15, 0.2) is 71.3 Å². The van der Waals surface area contributed by atoms with E-state index in [1.54, 1.807) is 43.5 Å². The molecule has 0 N–H and O–H groups in total. The number of carbonyl (C=O) groups is 2. The predicted octanol–water partition coefficient (Wildman–Crippen LogP) is 3.95. The maximum absolute atomic E-state index is 13.8. The average Bonchev–Trinajstić information content (AvgIpc) is 3.07. The summed E-state index contributed by atoms with van der Waals surface area (Å²) in [4.78, 5) is 36.6. The molecule has 1 aliphatic heterocycles. The zero-order valence-corrected chi connectivity index (χ0v) is 19.9. The van der Waals surface area contributed by atoms with Gasteiger partial charge in [0, 0.05) is 43.9 Å². The third-order valence-electron chi connectivity index (χ3n) is 6.55. The van der Waals surface area contributed by atoms with E-state index in [-0.39, 0.29) is 11.6 Å². The van der Waals surface area contributed by atoms with Gasteiger partial charge in [-0.25, -0.2) is 4.98 Å². The molecule has 2 aliphatic rings. The number of Topliss-reactive ketones (excluding diaryl/α,β-unsaturated/α-hetero) is 2. The third-order valence-corrected chi connectivity index (χ3v) is 6.99. The van der Waals surface area contributed by atoms with Crippen molar-refractivity contribution in [1.82, 2.24) is 14.8 Å². The average molecular weight is 506 g/mol. The molecule has 0 radical (unpaired) electrons. The molecule has 1 aliphatic carbocycles. The van der Waals surface area contributed by atoms with Crippen molar-refractivity contribution >= 4 is 27.5 Å². The molecule has 0 bridgehead atoms. The van der Waals surface area contributed by atoms with Gasteiger partial charge in [-0.05, 0) is 45.8 Å². The number of halogens is 1. The molecular formula is C26H24BrN3O3.